The molecule has 1 atom stereocenters. The van der Waals surface area contributed by atoms with Crippen molar-refractivity contribution in [2.45, 2.75) is 31.2 Å². The van der Waals surface area contributed by atoms with Crippen LogP contribution in [0.2, 0.25) is 0 Å². The Kier molecular flexibility index (Phi) is 3.87. The van der Waals surface area contributed by atoms with Gasteiger partial charge in [-0.15, -0.1) is 0 Å². The number of carbonyl (C=O) groups is 1. The average molecular weight is 249 g/mol. The summed E-state index contributed by atoms with van der Waals surface area (Å²) in [7, 11) is 1.43. The Bertz CT molecular complexity index is 408. The Morgan fingerprint density at radius 2 is 2.11 bits per heavy atom. The highest BCUT2D eigenvalue weighted by Gasteiger charge is 2.40. The fourth-order valence-corrected chi connectivity index (χ4v) is 2.52. The third kappa shape index (κ3) is 2.64. The van der Waals surface area contributed by atoms with Gasteiger partial charge in [0.15, 0.2) is 0 Å². The number of carbonyl (C=O) groups excluding carboxylic acids is 1. The van der Waals surface area contributed by atoms with Crippen LogP contribution in [0.1, 0.15) is 24.8 Å². The molecule has 98 valence electrons. The molecule has 1 fully saturated rings. The van der Waals surface area contributed by atoms with Crippen LogP contribution in [0.3, 0.4) is 0 Å². The summed E-state index contributed by atoms with van der Waals surface area (Å²) >= 11 is 0. The predicted octanol–water partition coefficient (Wildman–Crippen LogP) is 1.62. The summed E-state index contributed by atoms with van der Waals surface area (Å²) < 4.78 is 4.94. The van der Waals surface area contributed by atoms with Crippen LogP contribution in [0.4, 0.5) is 0 Å². The van der Waals surface area contributed by atoms with Crippen LogP contribution >= 0.6 is 0 Å². The van der Waals surface area contributed by atoms with Crippen molar-refractivity contribution >= 4 is 5.97 Å². The number of rotatable bonds is 3. The highest BCUT2D eigenvalue weighted by molar-refractivity contribution is 5.81. The number of hydrogen-bond donors (Lipinski definition) is 2. The molecule has 18 heavy (non-hydrogen) atoms. The van der Waals surface area contributed by atoms with Crippen molar-refractivity contribution in [3.8, 4) is 5.75 Å². The van der Waals surface area contributed by atoms with Gasteiger partial charge in [-0.3, -0.25) is 4.79 Å². The van der Waals surface area contributed by atoms with Crippen molar-refractivity contribution in [3.63, 3.8) is 0 Å². The van der Waals surface area contributed by atoms with Crippen LogP contribution in [0.25, 0.3) is 0 Å². The fraction of sp³-hybridized carbons (Fsp3) is 0.500. The van der Waals surface area contributed by atoms with Crippen molar-refractivity contribution < 1.29 is 14.6 Å². The van der Waals surface area contributed by atoms with E-state index in [-0.39, 0.29) is 11.7 Å². The highest BCUT2D eigenvalue weighted by Crippen LogP contribution is 2.26. The summed E-state index contributed by atoms with van der Waals surface area (Å²) in [5.74, 6) is 0.0396. The summed E-state index contributed by atoms with van der Waals surface area (Å²) in [5.41, 5.74) is 0.414. The van der Waals surface area contributed by atoms with E-state index in [4.69, 9.17) is 4.74 Å². The minimum absolute atomic E-state index is 0.199. The first-order valence-corrected chi connectivity index (χ1v) is 6.28. The van der Waals surface area contributed by atoms with E-state index in [1.807, 2.05) is 12.1 Å². The smallest absolute Gasteiger partial charge is 0.326 e. The number of piperidine rings is 1. The van der Waals surface area contributed by atoms with Gasteiger partial charge in [-0.1, -0.05) is 12.1 Å². The standard InChI is InChI=1S/C14H19NO3/c1-18-13(17)14(8-2-3-9-15-14)10-11-4-6-12(16)7-5-11/h4-7,15-16H,2-3,8-10H2,1H3. The van der Waals surface area contributed by atoms with Crippen molar-refractivity contribution in [2.75, 3.05) is 13.7 Å². The summed E-state index contributed by atoms with van der Waals surface area (Å²) in [6, 6.07) is 6.97. The van der Waals surface area contributed by atoms with Crippen LogP contribution < -0.4 is 5.32 Å². The van der Waals surface area contributed by atoms with E-state index in [1.165, 1.54) is 7.11 Å². The van der Waals surface area contributed by atoms with Gasteiger partial charge in [0, 0.05) is 6.42 Å². The maximum Gasteiger partial charge on any atom is 0.326 e. The number of nitrogens with one attached hydrogen (secondary N) is 1. The number of esters is 1. The van der Waals surface area contributed by atoms with E-state index >= 15 is 0 Å². The van der Waals surface area contributed by atoms with Gasteiger partial charge in [0.2, 0.25) is 0 Å². The van der Waals surface area contributed by atoms with E-state index in [2.05, 4.69) is 5.32 Å². The predicted molar refractivity (Wildman–Crippen MR) is 68.4 cm³/mol. The molecular weight excluding hydrogens is 230 g/mol. The second-order valence-electron chi connectivity index (χ2n) is 4.80. The molecule has 0 spiro atoms. The van der Waals surface area contributed by atoms with Crippen molar-refractivity contribution in [3.05, 3.63) is 29.8 Å². The molecule has 2 rings (SSSR count). The quantitative estimate of drug-likeness (QED) is 0.799. The van der Waals surface area contributed by atoms with Crippen LogP contribution in [-0.2, 0) is 16.0 Å². The zero-order chi connectivity index (χ0) is 13.0. The number of benzene rings is 1. The van der Waals surface area contributed by atoms with Crippen molar-refractivity contribution in [1.82, 2.24) is 5.32 Å². The lowest BCUT2D eigenvalue weighted by Gasteiger charge is -2.35. The molecular formula is C14H19NO3. The summed E-state index contributed by atoms with van der Waals surface area (Å²) in [6.45, 7) is 0.840. The SMILES string of the molecule is COC(=O)C1(Cc2ccc(O)cc2)CCCCN1. The molecule has 0 radical (unpaired) electrons. The fourth-order valence-electron chi connectivity index (χ4n) is 2.52. The Balaban J connectivity index is 2.19. The lowest BCUT2D eigenvalue weighted by Crippen LogP contribution is -2.56. The van der Waals surface area contributed by atoms with E-state index in [1.54, 1.807) is 12.1 Å². The van der Waals surface area contributed by atoms with Gasteiger partial charge in [0.05, 0.1) is 7.11 Å². The van der Waals surface area contributed by atoms with Crippen LogP contribution in [-0.4, -0.2) is 30.3 Å². The molecule has 1 aromatic carbocycles. The molecule has 1 heterocycles. The molecule has 2 N–H and O–H groups in total. The molecule has 0 bridgehead atoms. The normalized spacial score (nSPS) is 23.6. The van der Waals surface area contributed by atoms with Gasteiger partial charge in [0.25, 0.3) is 0 Å². The van der Waals surface area contributed by atoms with E-state index < -0.39 is 5.54 Å². The zero-order valence-corrected chi connectivity index (χ0v) is 10.6. The topological polar surface area (TPSA) is 58.6 Å². The van der Waals surface area contributed by atoms with Gasteiger partial charge in [-0.05, 0) is 43.5 Å². The summed E-state index contributed by atoms with van der Waals surface area (Å²) in [4.78, 5) is 12.0. The average Bonchev–Trinajstić information content (AvgIpc) is 2.41. The molecule has 0 aliphatic carbocycles. The highest BCUT2D eigenvalue weighted by atomic mass is 16.5. The van der Waals surface area contributed by atoms with Crippen LogP contribution in [0.5, 0.6) is 5.75 Å². The van der Waals surface area contributed by atoms with Crippen molar-refractivity contribution in [1.29, 1.82) is 0 Å². The van der Waals surface area contributed by atoms with Gasteiger partial charge in [0.1, 0.15) is 11.3 Å². The van der Waals surface area contributed by atoms with Gasteiger partial charge >= 0.3 is 5.97 Å². The Hall–Kier alpha value is -1.55. The molecule has 1 aliphatic rings. The summed E-state index contributed by atoms with van der Waals surface area (Å²) in [5, 5.41) is 12.6. The second-order valence-corrected chi connectivity index (χ2v) is 4.80. The second kappa shape index (κ2) is 5.40. The zero-order valence-electron chi connectivity index (χ0n) is 10.6. The summed E-state index contributed by atoms with van der Waals surface area (Å²) in [6.07, 6.45) is 3.51. The molecule has 1 aromatic rings. The van der Waals surface area contributed by atoms with Gasteiger partial charge in [-0.2, -0.15) is 0 Å². The molecule has 0 amide bonds. The van der Waals surface area contributed by atoms with Gasteiger partial charge < -0.3 is 15.2 Å². The number of hydrogen-bond acceptors (Lipinski definition) is 4. The molecule has 1 aliphatic heterocycles. The first-order chi connectivity index (χ1) is 8.66. The number of ether oxygens (including phenoxy) is 1. The van der Waals surface area contributed by atoms with Crippen molar-refractivity contribution in [2.24, 2.45) is 0 Å². The van der Waals surface area contributed by atoms with E-state index in [0.717, 1.165) is 31.4 Å². The molecule has 0 aromatic heterocycles. The molecule has 4 heteroatoms. The monoisotopic (exact) mass is 249 g/mol. The Labute approximate surface area is 107 Å². The Morgan fingerprint density at radius 3 is 2.67 bits per heavy atom. The third-order valence-electron chi connectivity index (χ3n) is 3.51. The number of phenols is 1. The first kappa shape index (κ1) is 12.9. The first-order valence-electron chi connectivity index (χ1n) is 6.28. The Morgan fingerprint density at radius 1 is 1.39 bits per heavy atom. The molecule has 0 saturated carbocycles. The van der Waals surface area contributed by atoms with Crippen LogP contribution in [0, 0.1) is 0 Å². The third-order valence-corrected chi connectivity index (χ3v) is 3.51. The van der Waals surface area contributed by atoms with E-state index in [9.17, 15) is 9.90 Å². The van der Waals surface area contributed by atoms with Crippen LogP contribution in [0.15, 0.2) is 24.3 Å². The maximum atomic E-state index is 12.0. The number of methoxy groups -OCH3 is 1. The minimum Gasteiger partial charge on any atom is -0.508 e. The number of aromatic hydroxyl groups is 1. The number of phenolic OH excluding ortho intramolecular Hbond substituents is 1. The molecule has 1 unspecified atom stereocenters. The lowest BCUT2D eigenvalue weighted by atomic mass is 9.83. The van der Waals surface area contributed by atoms with Gasteiger partial charge in [-0.25, -0.2) is 0 Å². The largest absolute Gasteiger partial charge is 0.508 e. The lowest BCUT2D eigenvalue weighted by molar-refractivity contribution is -0.149. The minimum atomic E-state index is -0.607. The molecule has 4 nitrogen and oxygen atoms in total. The maximum absolute atomic E-state index is 12.0. The van der Waals surface area contributed by atoms with E-state index in [0.29, 0.717) is 6.42 Å². The molecule has 1 saturated heterocycles.